The highest BCUT2D eigenvalue weighted by Crippen LogP contribution is 2.31. The van der Waals surface area contributed by atoms with Crippen LogP contribution in [0.3, 0.4) is 0 Å². The molecule has 0 radical (unpaired) electrons. The number of thioether (sulfide) groups is 1. The predicted molar refractivity (Wildman–Crippen MR) is 154 cm³/mol. The van der Waals surface area contributed by atoms with Crippen molar-refractivity contribution in [3.05, 3.63) is 109 Å². The number of rotatable bonds is 9. The zero-order chi connectivity index (χ0) is 26.3. The molecule has 1 N–H and O–H groups in total. The molecule has 0 atom stereocenters. The van der Waals surface area contributed by atoms with E-state index >= 15 is 0 Å². The van der Waals surface area contributed by atoms with Crippen molar-refractivity contribution in [1.82, 2.24) is 14.8 Å². The van der Waals surface area contributed by atoms with Crippen LogP contribution in [-0.4, -0.2) is 33.0 Å². The minimum Gasteiger partial charge on any atom is -0.494 e. The zero-order valence-corrected chi connectivity index (χ0v) is 22.1. The lowest BCUT2D eigenvalue weighted by Crippen LogP contribution is -2.15. The minimum absolute atomic E-state index is 0.114. The molecular formula is C31H28N4O2S. The van der Waals surface area contributed by atoms with Crippen LogP contribution in [0.2, 0.25) is 0 Å². The summed E-state index contributed by atoms with van der Waals surface area (Å²) < 4.78 is 7.60. The summed E-state index contributed by atoms with van der Waals surface area (Å²) in [5.74, 6) is 1.58. The van der Waals surface area contributed by atoms with E-state index in [0.717, 1.165) is 33.8 Å². The summed E-state index contributed by atoms with van der Waals surface area (Å²) in [6.45, 7) is 4.61. The lowest BCUT2D eigenvalue weighted by atomic mass is 10.0. The van der Waals surface area contributed by atoms with Gasteiger partial charge in [-0.1, -0.05) is 90.1 Å². The molecule has 5 aromatic rings. The van der Waals surface area contributed by atoms with Crippen LogP contribution in [0.25, 0.3) is 28.2 Å². The second-order valence-corrected chi connectivity index (χ2v) is 9.63. The Morgan fingerprint density at radius 3 is 2.29 bits per heavy atom. The largest absolute Gasteiger partial charge is 0.494 e. The van der Waals surface area contributed by atoms with Gasteiger partial charge in [0.05, 0.1) is 12.4 Å². The average Bonchev–Trinajstić information content (AvgIpc) is 3.38. The Labute approximate surface area is 226 Å². The first-order valence-corrected chi connectivity index (χ1v) is 13.4. The molecule has 6 nitrogen and oxygen atoms in total. The maximum Gasteiger partial charge on any atom is 0.234 e. The molecule has 0 fully saturated rings. The average molecular weight is 521 g/mol. The summed E-state index contributed by atoms with van der Waals surface area (Å²) in [5, 5.41) is 12.7. The fourth-order valence-electron chi connectivity index (χ4n) is 4.12. The molecule has 0 aliphatic heterocycles. The summed E-state index contributed by atoms with van der Waals surface area (Å²) in [7, 11) is 0. The molecule has 5 rings (SSSR count). The Morgan fingerprint density at radius 2 is 1.55 bits per heavy atom. The van der Waals surface area contributed by atoms with Gasteiger partial charge in [-0.15, -0.1) is 10.2 Å². The fraction of sp³-hybridized carbons (Fsp3) is 0.129. The van der Waals surface area contributed by atoms with Gasteiger partial charge in [-0.05, 0) is 49.7 Å². The van der Waals surface area contributed by atoms with Crippen molar-refractivity contribution in [3.63, 3.8) is 0 Å². The lowest BCUT2D eigenvalue weighted by molar-refractivity contribution is -0.113. The molecule has 1 amide bonds. The molecule has 7 heteroatoms. The quantitative estimate of drug-likeness (QED) is 0.211. The Balaban J connectivity index is 1.39. The van der Waals surface area contributed by atoms with Gasteiger partial charge < -0.3 is 10.1 Å². The SMILES string of the molecule is CCOc1ccc(-n2c(SCC(=O)Nc3ccccc3-c3ccccc3)nnc2-c2ccc(C)cc2)cc1. The van der Waals surface area contributed by atoms with Gasteiger partial charge in [-0.2, -0.15) is 0 Å². The third-order valence-corrected chi connectivity index (χ3v) is 6.90. The molecule has 4 aromatic carbocycles. The number of ether oxygens (including phenoxy) is 1. The van der Waals surface area contributed by atoms with Gasteiger partial charge in [-0.3, -0.25) is 9.36 Å². The van der Waals surface area contributed by atoms with Crippen molar-refractivity contribution in [3.8, 4) is 34.0 Å². The third kappa shape index (κ3) is 5.79. The second kappa shape index (κ2) is 11.8. The van der Waals surface area contributed by atoms with Gasteiger partial charge in [0.2, 0.25) is 5.91 Å². The summed E-state index contributed by atoms with van der Waals surface area (Å²) in [6.07, 6.45) is 0. The standard InChI is InChI=1S/C31H28N4O2S/c1-3-37-26-19-17-25(18-20-26)35-30(24-15-13-22(2)14-16-24)33-34-31(35)38-21-29(36)32-28-12-8-7-11-27(28)23-9-5-4-6-10-23/h4-20H,3,21H2,1-2H3,(H,32,36). The smallest absolute Gasteiger partial charge is 0.234 e. The molecule has 1 heterocycles. The Morgan fingerprint density at radius 1 is 0.842 bits per heavy atom. The molecule has 0 bridgehead atoms. The van der Waals surface area contributed by atoms with Gasteiger partial charge in [0.25, 0.3) is 0 Å². The third-order valence-electron chi connectivity index (χ3n) is 5.97. The van der Waals surface area contributed by atoms with E-state index in [2.05, 4.69) is 34.6 Å². The van der Waals surface area contributed by atoms with Crippen LogP contribution in [0.1, 0.15) is 12.5 Å². The molecule has 190 valence electrons. The summed E-state index contributed by atoms with van der Waals surface area (Å²) >= 11 is 1.35. The van der Waals surface area contributed by atoms with Crippen LogP contribution in [-0.2, 0) is 4.79 Å². The number of carbonyl (C=O) groups is 1. The van der Waals surface area contributed by atoms with Crippen LogP contribution in [0.15, 0.2) is 108 Å². The Hall–Kier alpha value is -4.36. The van der Waals surface area contributed by atoms with Crippen LogP contribution >= 0.6 is 11.8 Å². The predicted octanol–water partition coefficient (Wildman–Crippen LogP) is 7.04. The molecule has 38 heavy (non-hydrogen) atoms. The van der Waals surface area contributed by atoms with Crippen molar-refractivity contribution in [2.45, 2.75) is 19.0 Å². The first-order valence-electron chi connectivity index (χ1n) is 12.4. The minimum atomic E-state index is -0.114. The van der Waals surface area contributed by atoms with Crippen molar-refractivity contribution in [2.24, 2.45) is 0 Å². The second-order valence-electron chi connectivity index (χ2n) is 8.68. The van der Waals surface area contributed by atoms with E-state index in [1.165, 1.54) is 17.3 Å². The van der Waals surface area contributed by atoms with Crippen molar-refractivity contribution in [1.29, 1.82) is 0 Å². The summed E-state index contributed by atoms with van der Waals surface area (Å²) in [5.41, 5.74) is 5.82. The highest BCUT2D eigenvalue weighted by Gasteiger charge is 2.18. The number of nitrogens with zero attached hydrogens (tertiary/aromatic N) is 3. The zero-order valence-electron chi connectivity index (χ0n) is 21.3. The number of benzene rings is 4. The van der Waals surface area contributed by atoms with E-state index in [9.17, 15) is 4.79 Å². The molecule has 0 saturated heterocycles. The number of hydrogen-bond acceptors (Lipinski definition) is 5. The van der Waals surface area contributed by atoms with E-state index in [1.807, 2.05) is 102 Å². The number of aromatic nitrogens is 3. The normalized spacial score (nSPS) is 10.8. The highest BCUT2D eigenvalue weighted by molar-refractivity contribution is 7.99. The van der Waals surface area contributed by atoms with E-state index in [0.29, 0.717) is 17.6 Å². The van der Waals surface area contributed by atoms with Crippen LogP contribution < -0.4 is 10.1 Å². The van der Waals surface area contributed by atoms with E-state index in [4.69, 9.17) is 4.74 Å². The van der Waals surface area contributed by atoms with Gasteiger partial charge in [0.1, 0.15) is 5.75 Å². The van der Waals surface area contributed by atoms with Crippen LogP contribution in [0.5, 0.6) is 5.75 Å². The molecule has 0 saturated carbocycles. The number of nitrogens with one attached hydrogen (secondary N) is 1. The van der Waals surface area contributed by atoms with Crippen molar-refractivity contribution < 1.29 is 9.53 Å². The van der Waals surface area contributed by atoms with E-state index < -0.39 is 0 Å². The summed E-state index contributed by atoms with van der Waals surface area (Å²) in [6, 6.07) is 33.8. The molecule has 0 unspecified atom stereocenters. The molecule has 0 aliphatic carbocycles. The van der Waals surface area contributed by atoms with Gasteiger partial charge in [0, 0.05) is 22.5 Å². The molecule has 1 aromatic heterocycles. The first kappa shape index (κ1) is 25.3. The Kier molecular flexibility index (Phi) is 7.85. The molecule has 0 spiro atoms. The van der Waals surface area contributed by atoms with Gasteiger partial charge >= 0.3 is 0 Å². The molecular weight excluding hydrogens is 492 g/mol. The van der Waals surface area contributed by atoms with Crippen molar-refractivity contribution in [2.75, 3.05) is 17.7 Å². The number of anilines is 1. The van der Waals surface area contributed by atoms with Gasteiger partial charge in [-0.25, -0.2) is 0 Å². The number of amides is 1. The van der Waals surface area contributed by atoms with Crippen LogP contribution in [0, 0.1) is 6.92 Å². The highest BCUT2D eigenvalue weighted by atomic mass is 32.2. The monoisotopic (exact) mass is 520 g/mol. The number of aryl methyl sites for hydroxylation is 1. The lowest BCUT2D eigenvalue weighted by Gasteiger charge is -2.13. The maximum atomic E-state index is 13.0. The van der Waals surface area contributed by atoms with E-state index in [1.54, 1.807) is 0 Å². The maximum absolute atomic E-state index is 13.0. The van der Waals surface area contributed by atoms with Crippen LogP contribution in [0.4, 0.5) is 5.69 Å². The number of para-hydroxylation sites is 1. The number of carbonyl (C=O) groups excluding carboxylic acids is 1. The molecule has 0 aliphatic rings. The summed E-state index contributed by atoms with van der Waals surface area (Å²) in [4.78, 5) is 13.0. The topological polar surface area (TPSA) is 69.0 Å². The van der Waals surface area contributed by atoms with Crippen molar-refractivity contribution >= 4 is 23.4 Å². The first-order chi connectivity index (χ1) is 18.6. The van der Waals surface area contributed by atoms with Gasteiger partial charge in [0.15, 0.2) is 11.0 Å². The fourth-order valence-corrected chi connectivity index (χ4v) is 4.87. The number of hydrogen-bond donors (Lipinski definition) is 1. The Bertz CT molecular complexity index is 1510. The van der Waals surface area contributed by atoms with E-state index in [-0.39, 0.29) is 11.7 Å².